The fraction of sp³-hybridized carbons (Fsp3) is 0.182. The lowest BCUT2D eigenvalue weighted by molar-refractivity contribution is -0.137. The monoisotopic (exact) mass is 475 g/mol. The molecule has 7 nitrogen and oxygen atoms in total. The number of nitrogens with zero attached hydrogens (tertiary/aromatic N) is 4. The van der Waals surface area contributed by atoms with Crippen LogP contribution in [-0.4, -0.2) is 32.8 Å². The molecule has 33 heavy (non-hydrogen) atoms. The number of amides is 1. The number of rotatable bonds is 5. The second-order valence-corrected chi connectivity index (χ2v) is 7.60. The highest BCUT2D eigenvalue weighted by Crippen LogP contribution is 2.31. The lowest BCUT2D eigenvalue weighted by Gasteiger charge is -2.10. The van der Waals surface area contributed by atoms with Gasteiger partial charge in [0.25, 0.3) is 5.91 Å². The molecule has 2 aromatic carbocycles. The lowest BCUT2D eigenvalue weighted by atomic mass is 10.1. The number of nitrogens with one attached hydrogen (secondary N) is 1. The SMILES string of the molecule is COCc1nn2c(C)c(C(=O)Nc3ccc(C(F)(F)F)cc3)nnc2c1-c1cccc(Cl)c1. The van der Waals surface area contributed by atoms with Crippen molar-refractivity contribution in [3.8, 4) is 11.1 Å². The fourth-order valence-corrected chi connectivity index (χ4v) is 3.56. The van der Waals surface area contributed by atoms with Crippen molar-refractivity contribution in [2.75, 3.05) is 12.4 Å². The zero-order chi connectivity index (χ0) is 23.8. The van der Waals surface area contributed by atoms with Gasteiger partial charge in [-0.15, -0.1) is 10.2 Å². The highest BCUT2D eigenvalue weighted by atomic mass is 35.5. The van der Waals surface area contributed by atoms with E-state index < -0.39 is 17.6 Å². The van der Waals surface area contributed by atoms with E-state index in [0.29, 0.717) is 27.6 Å². The van der Waals surface area contributed by atoms with Crippen LogP contribution in [0.4, 0.5) is 18.9 Å². The van der Waals surface area contributed by atoms with Gasteiger partial charge in [-0.3, -0.25) is 4.79 Å². The quantitative estimate of drug-likeness (QED) is 0.430. The molecule has 0 aliphatic rings. The van der Waals surface area contributed by atoms with Crippen molar-refractivity contribution in [2.45, 2.75) is 19.7 Å². The molecule has 0 aliphatic carbocycles. The molecular formula is C22H17ClF3N5O2. The van der Waals surface area contributed by atoms with Crippen LogP contribution in [0.15, 0.2) is 48.5 Å². The molecule has 0 aliphatic heterocycles. The molecule has 0 unspecified atom stereocenters. The Balaban J connectivity index is 1.71. The average molecular weight is 476 g/mol. The van der Waals surface area contributed by atoms with Gasteiger partial charge in [0.1, 0.15) is 0 Å². The van der Waals surface area contributed by atoms with E-state index in [1.165, 1.54) is 23.8 Å². The number of fused-ring (bicyclic) bond motifs is 1. The van der Waals surface area contributed by atoms with Crippen LogP contribution in [0.25, 0.3) is 16.8 Å². The Kier molecular flexibility index (Phi) is 6.05. The summed E-state index contributed by atoms with van der Waals surface area (Å²) in [5, 5.41) is 15.9. The third-order valence-electron chi connectivity index (χ3n) is 4.92. The Morgan fingerprint density at radius 1 is 1.15 bits per heavy atom. The summed E-state index contributed by atoms with van der Waals surface area (Å²) in [4.78, 5) is 12.8. The molecule has 11 heteroatoms. The molecule has 0 bridgehead atoms. The maximum Gasteiger partial charge on any atom is 0.416 e. The van der Waals surface area contributed by atoms with Gasteiger partial charge in [0.2, 0.25) is 0 Å². The standard InChI is InChI=1S/C22H17ClF3N5O2/c1-12-19(21(32)27-16-8-6-14(7-9-16)22(24,25)26)28-29-20-18(13-4-3-5-15(23)10-13)17(11-33-2)30-31(12)20/h3-10H,11H2,1-2H3,(H,27,32). The number of methoxy groups -OCH3 is 1. The van der Waals surface area contributed by atoms with E-state index in [2.05, 4.69) is 20.6 Å². The molecule has 2 heterocycles. The number of hydrogen-bond donors (Lipinski definition) is 1. The molecule has 4 aromatic rings. The molecule has 2 aromatic heterocycles. The first-order valence-electron chi connectivity index (χ1n) is 9.67. The number of alkyl halides is 3. The maximum atomic E-state index is 12.8. The highest BCUT2D eigenvalue weighted by molar-refractivity contribution is 6.30. The topological polar surface area (TPSA) is 81.4 Å². The average Bonchev–Trinajstić information content (AvgIpc) is 3.13. The fourth-order valence-electron chi connectivity index (χ4n) is 3.37. The largest absolute Gasteiger partial charge is 0.416 e. The number of aryl methyl sites for hydroxylation is 1. The summed E-state index contributed by atoms with van der Waals surface area (Å²) in [5.74, 6) is -0.630. The van der Waals surface area contributed by atoms with Crippen molar-refractivity contribution in [1.29, 1.82) is 0 Å². The van der Waals surface area contributed by atoms with Gasteiger partial charge in [-0.25, -0.2) is 4.52 Å². The predicted molar refractivity (Wildman–Crippen MR) is 116 cm³/mol. The van der Waals surface area contributed by atoms with Crippen molar-refractivity contribution < 1.29 is 22.7 Å². The number of halogens is 4. The normalized spacial score (nSPS) is 11.7. The van der Waals surface area contributed by atoms with Gasteiger partial charge in [0.05, 0.1) is 29.1 Å². The summed E-state index contributed by atoms with van der Waals surface area (Å²) < 4.78 is 45.0. The first-order chi connectivity index (χ1) is 15.7. The van der Waals surface area contributed by atoms with Crippen molar-refractivity contribution in [3.63, 3.8) is 0 Å². The summed E-state index contributed by atoms with van der Waals surface area (Å²) in [6.07, 6.45) is -4.46. The highest BCUT2D eigenvalue weighted by Gasteiger charge is 2.30. The van der Waals surface area contributed by atoms with E-state index in [1.807, 2.05) is 6.07 Å². The number of carbonyl (C=O) groups excluding carboxylic acids is 1. The van der Waals surface area contributed by atoms with E-state index >= 15 is 0 Å². The molecule has 1 N–H and O–H groups in total. The van der Waals surface area contributed by atoms with Crippen molar-refractivity contribution >= 4 is 28.8 Å². The van der Waals surface area contributed by atoms with Gasteiger partial charge in [0, 0.05) is 17.8 Å². The van der Waals surface area contributed by atoms with E-state index in [0.717, 1.165) is 17.7 Å². The van der Waals surface area contributed by atoms with Gasteiger partial charge >= 0.3 is 6.18 Å². The van der Waals surface area contributed by atoms with E-state index in [-0.39, 0.29) is 18.0 Å². The zero-order valence-corrected chi connectivity index (χ0v) is 18.2. The van der Waals surface area contributed by atoms with Crippen LogP contribution < -0.4 is 5.32 Å². The van der Waals surface area contributed by atoms with Crippen LogP contribution >= 0.6 is 11.6 Å². The Morgan fingerprint density at radius 2 is 1.88 bits per heavy atom. The Bertz CT molecular complexity index is 1340. The summed E-state index contributed by atoms with van der Waals surface area (Å²) in [6.45, 7) is 1.84. The summed E-state index contributed by atoms with van der Waals surface area (Å²) in [6, 6.07) is 11.3. The van der Waals surface area contributed by atoms with Crippen molar-refractivity contribution in [3.05, 3.63) is 76.2 Å². The van der Waals surface area contributed by atoms with Crippen LogP contribution in [0, 0.1) is 6.92 Å². The maximum absolute atomic E-state index is 12.8. The van der Waals surface area contributed by atoms with Gasteiger partial charge in [0.15, 0.2) is 11.3 Å². The molecule has 0 fully saturated rings. The Morgan fingerprint density at radius 3 is 2.52 bits per heavy atom. The lowest BCUT2D eigenvalue weighted by Crippen LogP contribution is -2.18. The molecule has 0 radical (unpaired) electrons. The van der Waals surface area contributed by atoms with Gasteiger partial charge < -0.3 is 10.1 Å². The number of anilines is 1. The number of hydrogen-bond acceptors (Lipinski definition) is 5. The van der Waals surface area contributed by atoms with Crippen LogP contribution in [-0.2, 0) is 17.5 Å². The molecule has 4 rings (SSSR count). The first kappa shape index (κ1) is 22.7. The Labute approximate surface area is 191 Å². The second-order valence-electron chi connectivity index (χ2n) is 7.16. The van der Waals surface area contributed by atoms with Crippen LogP contribution in [0.2, 0.25) is 5.02 Å². The zero-order valence-electron chi connectivity index (χ0n) is 17.4. The minimum Gasteiger partial charge on any atom is -0.378 e. The summed E-state index contributed by atoms with van der Waals surface area (Å²) >= 11 is 6.14. The smallest absolute Gasteiger partial charge is 0.378 e. The molecular weight excluding hydrogens is 459 g/mol. The molecule has 0 saturated heterocycles. The number of benzene rings is 2. The molecule has 0 saturated carbocycles. The van der Waals surface area contributed by atoms with E-state index in [1.54, 1.807) is 25.1 Å². The predicted octanol–water partition coefficient (Wildman–Crippen LogP) is 5.17. The minimum atomic E-state index is -4.46. The van der Waals surface area contributed by atoms with Crippen LogP contribution in [0.5, 0.6) is 0 Å². The van der Waals surface area contributed by atoms with Gasteiger partial charge in [-0.1, -0.05) is 23.7 Å². The van der Waals surface area contributed by atoms with Gasteiger partial charge in [-0.05, 0) is 48.9 Å². The molecule has 170 valence electrons. The molecule has 0 atom stereocenters. The van der Waals surface area contributed by atoms with Crippen LogP contribution in [0.1, 0.15) is 27.4 Å². The molecule has 1 amide bonds. The van der Waals surface area contributed by atoms with Crippen LogP contribution in [0.3, 0.4) is 0 Å². The number of ether oxygens (including phenoxy) is 1. The van der Waals surface area contributed by atoms with Crippen molar-refractivity contribution in [1.82, 2.24) is 19.8 Å². The Hall–Kier alpha value is -3.50. The molecule has 0 spiro atoms. The third kappa shape index (κ3) is 4.53. The number of aromatic nitrogens is 4. The van der Waals surface area contributed by atoms with Crippen molar-refractivity contribution in [2.24, 2.45) is 0 Å². The minimum absolute atomic E-state index is 0.0218. The number of carbonyl (C=O) groups is 1. The van der Waals surface area contributed by atoms with Gasteiger partial charge in [-0.2, -0.15) is 18.3 Å². The van der Waals surface area contributed by atoms with E-state index in [9.17, 15) is 18.0 Å². The first-order valence-corrected chi connectivity index (χ1v) is 10.0. The van der Waals surface area contributed by atoms with E-state index in [4.69, 9.17) is 16.3 Å². The summed E-state index contributed by atoms with van der Waals surface area (Å²) in [7, 11) is 1.53. The second kappa shape index (κ2) is 8.80. The third-order valence-corrected chi connectivity index (χ3v) is 5.15. The summed E-state index contributed by atoms with van der Waals surface area (Å²) in [5.41, 5.74) is 2.18.